The van der Waals surface area contributed by atoms with E-state index in [1.54, 1.807) is 25.6 Å². The molecule has 0 saturated heterocycles. The second-order valence-corrected chi connectivity index (χ2v) is 7.29. The highest BCUT2D eigenvalue weighted by atomic mass is 32.1. The van der Waals surface area contributed by atoms with Crippen LogP contribution in [-0.4, -0.2) is 41.8 Å². The molecule has 0 aliphatic carbocycles. The minimum atomic E-state index is -0.270. The van der Waals surface area contributed by atoms with Gasteiger partial charge in [0.15, 0.2) is 5.69 Å². The average Bonchev–Trinajstić information content (AvgIpc) is 3.41. The molecule has 1 atom stereocenters. The number of amides is 1. The van der Waals surface area contributed by atoms with Crippen LogP contribution in [0.3, 0.4) is 0 Å². The number of aromatic amines is 1. The third-order valence-corrected chi connectivity index (χ3v) is 5.70. The SMILES string of the molecule is CCCN1C(=O)c2n[nH]c(-c3cccs3)c2C1c1cc(OC)ccc1OC. The third-order valence-electron chi connectivity index (χ3n) is 4.82. The Balaban J connectivity index is 1.94. The maximum Gasteiger partial charge on any atom is 0.275 e. The number of fused-ring (bicyclic) bond motifs is 1. The molecule has 6 nitrogen and oxygen atoms in total. The van der Waals surface area contributed by atoms with Crippen molar-refractivity contribution in [3.05, 3.63) is 52.5 Å². The fraction of sp³-hybridized carbons (Fsp3) is 0.300. The van der Waals surface area contributed by atoms with Gasteiger partial charge in [-0.2, -0.15) is 5.10 Å². The van der Waals surface area contributed by atoms with Gasteiger partial charge in [0.25, 0.3) is 5.91 Å². The molecule has 0 bridgehead atoms. The summed E-state index contributed by atoms with van der Waals surface area (Å²) < 4.78 is 11.0. The van der Waals surface area contributed by atoms with Crippen molar-refractivity contribution in [2.45, 2.75) is 19.4 Å². The number of H-pyrrole nitrogens is 1. The molecule has 1 aromatic carbocycles. The van der Waals surface area contributed by atoms with Gasteiger partial charge in [0, 0.05) is 17.7 Å². The number of thiophene rings is 1. The van der Waals surface area contributed by atoms with E-state index in [9.17, 15) is 4.79 Å². The largest absolute Gasteiger partial charge is 0.497 e. The van der Waals surface area contributed by atoms with Crippen molar-refractivity contribution >= 4 is 17.2 Å². The molecule has 0 radical (unpaired) electrons. The maximum absolute atomic E-state index is 13.1. The first kappa shape index (κ1) is 17.6. The van der Waals surface area contributed by atoms with Crippen LogP contribution in [-0.2, 0) is 0 Å². The van der Waals surface area contributed by atoms with Crippen LogP contribution in [0.2, 0.25) is 0 Å². The molecule has 3 aromatic rings. The first-order valence-electron chi connectivity index (χ1n) is 8.84. The molecular formula is C20H21N3O3S. The summed E-state index contributed by atoms with van der Waals surface area (Å²) in [4.78, 5) is 16.0. The third kappa shape index (κ3) is 2.78. The number of carbonyl (C=O) groups is 1. The second-order valence-electron chi connectivity index (χ2n) is 6.35. The molecule has 1 unspecified atom stereocenters. The number of hydrogen-bond acceptors (Lipinski definition) is 5. The standard InChI is InChI=1S/C20H21N3O3S/c1-4-9-23-19(13-11-12(25-2)7-8-14(13)26-3)16-17(15-6-5-10-27-15)21-22-18(16)20(23)24/h5-8,10-11,19H,4,9H2,1-3H3,(H,21,22). The maximum atomic E-state index is 13.1. The van der Waals surface area contributed by atoms with Gasteiger partial charge < -0.3 is 14.4 Å². The average molecular weight is 383 g/mol. The highest BCUT2D eigenvalue weighted by Crippen LogP contribution is 2.46. The predicted octanol–water partition coefficient (Wildman–Crippen LogP) is 4.11. The van der Waals surface area contributed by atoms with Crippen LogP contribution < -0.4 is 9.47 Å². The van der Waals surface area contributed by atoms with Crippen LogP contribution in [0.4, 0.5) is 0 Å². The van der Waals surface area contributed by atoms with Crippen molar-refractivity contribution in [2.75, 3.05) is 20.8 Å². The monoisotopic (exact) mass is 383 g/mol. The van der Waals surface area contributed by atoms with Crippen LogP contribution in [0.15, 0.2) is 35.7 Å². The molecule has 7 heteroatoms. The lowest BCUT2D eigenvalue weighted by molar-refractivity contribution is 0.0742. The fourth-order valence-electron chi connectivity index (χ4n) is 3.65. The summed E-state index contributed by atoms with van der Waals surface area (Å²) in [7, 11) is 3.28. The molecule has 1 N–H and O–H groups in total. The van der Waals surface area contributed by atoms with Gasteiger partial charge >= 0.3 is 0 Å². The molecule has 1 aliphatic rings. The summed E-state index contributed by atoms with van der Waals surface area (Å²) in [5.41, 5.74) is 3.18. The van der Waals surface area contributed by atoms with Crippen LogP contribution in [0.25, 0.3) is 10.6 Å². The Kier molecular flexibility index (Phi) is 4.61. The summed E-state index contributed by atoms with van der Waals surface area (Å²) in [5, 5.41) is 9.45. The number of nitrogens with one attached hydrogen (secondary N) is 1. The van der Waals surface area contributed by atoms with Gasteiger partial charge in [-0.05, 0) is 36.1 Å². The topological polar surface area (TPSA) is 67.5 Å². The molecule has 27 heavy (non-hydrogen) atoms. The van der Waals surface area contributed by atoms with E-state index >= 15 is 0 Å². The van der Waals surface area contributed by atoms with Gasteiger partial charge in [-0.1, -0.05) is 13.0 Å². The summed E-state index contributed by atoms with van der Waals surface area (Å²) in [6.45, 7) is 2.71. The van der Waals surface area contributed by atoms with E-state index < -0.39 is 0 Å². The lowest BCUT2D eigenvalue weighted by Crippen LogP contribution is -2.30. The number of ether oxygens (including phenoxy) is 2. The molecule has 0 saturated carbocycles. The van der Waals surface area contributed by atoms with Crippen molar-refractivity contribution in [1.29, 1.82) is 0 Å². The molecule has 4 rings (SSSR count). The number of nitrogens with zero attached hydrogens (tertiary/aromatic N) is 2. The minimum absolute atomic E-state index is 0.0548. The van der Waals surface area contributed by atoms with Gasteiger partial charge in [0.1, 0.15) is 11.5 Å². The smallest absolute Gasteiger partial charge is 0.275 e. The van der Waals surface area contributed by atoms with E-state index in [4.69, 9.17) is 9.47 Å². The molecule has 1 aliphatic heterocycles. The summed E-state index contributed by atoms with van der Waals surface area (Å²) in [6, 6.07) is 9.44. The van der Waals surface area contributed by atoms with Crippen LogP contribution in [0.1, 0.15) is 41.0 Å². The van der Waals surface area contributed by atoms with E-state index in [2.05, 4.69) is 17.1 Å². The molecule has 1 amide bonds. The van der Waals surface area contributed by atoms with Crippen LogP contribution in [0, 0.1) is 0 Å². The Morgan fingerprint density at radius 1 is 1.26 bits per heavy atom. The molecule has 0 spiro atoms. The zero-order valence-corrected chi connectivity index (χ0v) is 16.3. The zero-order chi connectivity index (χ0) is 19.0. The quantitative estimate of drug-likeness (QED) is 0.696. The number of methoxy groups -OCH3 is 2. The second kappa shape index (κ2) is 7.08. The summed E-state index contributed by atoms with van der Waals surface area (Å²) in [6.07, 6.45) is 0.858. The van der Waals surface area contributed by atoms with Gasteiger partial charge in [-0.25, -0.2) is 0 Å². The van der Waals surface area contributed by atoms with Crippen molar-refractivity contribution in [3.8, 4) is 22.1 Å². The lowest BCUT2D eigenvalue weighted by Gasteiger charge is -2.27. The first-order chi connectivity index (χ1) is 13.2. The molecular weight excluding hydrogens is 362 g/mol. The number of carbonyl (C=O) groups excluding carboxylic acids is 1. The molecule has 2 aromatic heterocycles. The Morgan fingerprint density at radius 3 is 2.78 bits per heavy atom. The normalized spacial score (nSPS) is 15.9. The Labute approximate surface area is 161 Å². The molecule has 3 heterocycles. The van der Waals surface area contributed by atoms with Gasteiger partial charge in [0.2, 0.25) is 0 Å². The molecule has 0 fully saturated rings. The van der Waals surface area contributed by atoms with E-state index in [0.717, 1.165) is 39.6 Å². The number of hydrogen-bond donors (Lipinski definition) is 1. The van der Waals surface area contributed by atoms with Gasteiger partial charge in [-0.3, -0.25) is 9.89 Å². The highest BCUT2D eigenvalue weighted by molar-refractivity contribution is 7.13. The number of aromatic nitrogens is 2. The number of rotatable bonds is 6. The van der Waals surface area contributed by atoms with Crippen molar-refractivity contribution in [2.24, 2.45) is 0 Å². The van der Waals surface area contributed by atoms with E-state index in [-0.39, 0.29) is 11.9 Å². The van der Waals surface area contributed by atoms with Crippen LogP contribution in [0.5, 0.6) is 11.5 Å². The zero-order valence-electron chi connectivity index (χ0n) is 15.5. The van der Waals surface area contributed by atoms with Crippen LogP contribution >= 0.6 is 11.3 Å². The Morgan fingerprint density at radius 2 is 2.11 bits per heavy atom. The van der Waals surface area contributed by atoms with Crippen molar-refractivity contribution in [3.63, 3.8) is 0 Å². The highest BCUT2D eigenvalue weighted by Gasteiger charge is 2.43. The fourth-order valence-corrected chi connectivity index (χ4v) is 4.38. The number of benzene rings is 1. The predicted molar refractivity (Wildman–Crippen MR) is 105 cm³/mol. The Bertz CT molecular complexity index is 965. The van der Waals surface area contributed by atoms with E-state index in [1.807, 2.05) is 40.6 Å². The van der Waals surface area contributed by atoms with E-state index in [0.29, 0.717) is 12.2 Å². The summed E-state index contributed by atoms with van der Waals surface area (Å²) >= 11 is 1.62. The van der Waals surface area contributed by atoms with Crippen molar-refractivity contribution in [1.82, 2.24) is 15.1 Å². The first-order valence-corrected chi connectivity index (χ1v) is 9.72. The van der Waals surface area contributed by atoms with E-state index in [1.165, 1.54) is 0 Å². The van der Waals surface area contributed by atoms with Gasteiger partial charge in [0.05, 0.1) is 30.8 Å². The van der Waals surface area contributed by atoms with Crippen molar-refractivity contribution < 1.29 is 14.3 Å². The Hall–Kier alpha value is -2.80. The summed E-state index contributed by atoms with van der Waals surface area (Å²) in [5.74, 6) is 1.39. The minimum Gasteiger partial charge on any atom is -0.497 e. The molecule has 140 valence electrons. The van der Waals surface area contributed by atoms with Gasteiger partial charge in [-0.15, -0.1) is 11.3 Å². The lowest BCUT2D eigenvalue weighted by atomic mass is 9.97.